The highest BCUT2D eigenvalue weighted by Gasteiger charge is 1.92. The van der Waals surface area contributed by atoms with Gasteiger partial charge < -0.3 is 11.1 Å². The quantitative estimate of drug-likeness (QED) is 0.730. The van der Waals surface area contributed by atoms with Gasteiger partial charge in [0.25, 0.3) is 0 Å². The number of nitrogens with two attached hydrogens (primary N) is 1. The molecule has 3 nitrogen and oxygen atoms in total. The minimum atomic E-state index is -0.184. The molecule has 0 radical (unpaired) electrons. The summed E-state index contributed by atoms with van der Waals surface area (Å²) >= 11 is 0. The van der Waals surface area contributed by atoms with Gasteiger partial charge in [-0.25, -0.2) is 0 Å². The van der Waals surface area contributed by atoms with Gasteiger partial charge in [-0.15, -0.1) is 0 Å². The lowest BCUT2D eigenvalue weighted by Gasteiger charge is -1.97. The van der Waals surface area contributed by atoms with Crippen molar-refractivity contribution in [2.24, 2.45) is 5.73 Å². The van der Waals surface area contributed by atoms with E-state index in [1.807, 2.05) is 12.1 Å². The third kappa shape index (κ3) is 4.16. The summed E-state index contributed by atoms with van der Waals surface area (Å²) in [6.45, 7) is 2.45. The first-order valence-corrected chi connectivity index (χ1v) is 5.31. The van der Waals surface area contributed by atoms with Gasteiger partial charge in [0.15, 0.2) is 0 Å². The summed E-state index contributed by atoms with van der Waals surface area (Å²) in [5.74, 6) is 5.69. The molecule has 1 aromatic rings. The Labute approximate surface area is 96.0 Å². The van der Waals surface area contributed by atoms with Crippen LogP contribution in [0.5, 0.6) is 0 Å². The van der Waals surface area contributed by atoms with Crippen LogP contribution in [-0.4, -0.2) is 19.0 Å². The summed E-state index contributed by atoms with van der Waals surface area (Å²) in [4.78, 5) is 10.8. The SMILES string of the molecule is CCc1cccc(C#CCNC(=O)CN)c1. The highest BCUT2D eigenvalue weighted by Crippen LogP contribution is 2.03. The van der Waals surface area contributed by atoms with Crippen LogP contribution in [0.15, 0.2) is 24.3 Å². The van der Waals surface area contributed by atoms with Crippen LogP contribution in [0.25, 0.3) is 0 Å². The van der Waals surface area contributed by atoms with Gasteiger partial charge in [0.2, 0.25) is 5.91 Å². The maximum Gasteiger partial charge on any atom is 0.234 e. The molecule has 0 aliphatic rings. The number of carbonyl (C=O) groups excluding carboxylic acids is 1. The fraction of sp³-hybridized carbons (Fsp3) is 0.308. The van der Waals surface area contributed by atoms with Crippen molar-refractivity contribution in [3.8, 4) is 11.8 Å². The predicted molar refractivity (Wildman–Crippen MR) is 64.8 cm³/mol. The molecule has 1 aromatic carbocycles. The Morgan fingerprint density at radius 2 is 2.31 bits per heavy atom. The summed E-state index contributed by atoms with van der Waals surface area (Å²) < 4.78 is 0. The third-order valence-corrected chi connectivity index (χ3v) is 2.13. The van der Waals surface area contributed by atoms with Gasteiger partial charge in [-0.05, 0) is 24.1 Å². The van der Waals surface area contributed by atoms with Gasteiger partial charge in [0.05, 0.1) is 13.1 Å². The van der Waals surface area contributed by atoms with Crippen molar-refractivity contribution in [2.45, 2.75) is 13.3 Å². The minimum Gasteiger partial charge on any atom is -0.344 e. The number of carbonyl (C=O) groups is 1. The molecule has 0 atom stereocenters. The highest BCUT2D eigenvalue weighted by molar-refractivity contribution is 5.77. The van der Waals surface area contributed by atoms with Crippen LogP contribution in [0.1, 0.15) is 18.1 Å². The molecule has 0 saturated heterocycles. The maximum absolute atomic E-state index is 10.8. The van der Waals surface area contributed by atoms with E-state index >= 15 is 0 Å². The smallest absolute Gasteiger partial charge is 0.234 e. The number of hydrogen-bond acceptors (Lipinski definition) is 2. The van der Waals surface area contributed by atoms with Gasteiger partial charge in [0.1, 0.15) is 0 Å². The standard InChI is InChI=1S/C13H16N2O/c1-2-11-5-3-6-12(9-11)7-4-8-15-13(16)10-14/h3,5-6,9H,2,8,10,14H2,1H3,(H,15,16). The second-order valence-corrected chi connectivity index (χ2v) is 3.34. The van der Waals surface area contributed by atoms with Crippen LogP contribution in [0.4, 0.5) is 0 Å². The zero-order chi connectivity index (χ0) is 11.8. The monoisotopic (exact) mass is 216 g/mol. The fourth-order valence-electron chi connectivity index (χ4n) is 1.23. The van der Waals surface area contributed by atoms with Gasteiger partial charge in [-0.2, -0.15) is 0 Å². The summed E-state index contributed by atoms with van der Waals surface area (Å²) in [6.07, 6.45) is 0.999. The Balaban J connectivity index is 2.52. The molecule has 3 heteroatoms. The van der Waals surface area contributed by atoms with E-state index in [2.05, 4.69) is 36.2 Å². The van der Waals surface area contributed by atoms with E-state index in [0.29, 0.717) is 6.54 Å². The van der Waals surface area contributed by atoms with Gasteiger partial charge in [0, 0.05) is 5.56 Å². The predicted octanol–water partition coefficient (Wildman–Crippen LogP) is 0.675. The van der Waals surface area contributed by atoms with E-state index in [1.54, 1.807) is 0 Å². The molecule has 0 heterocycles. The Morgan fingerprint density at radius 1 is 1.50 bits per heavy atom. The first-order valence-electron chi connectivity index (χ1n) is 5.31. The van der Waals surface area contributed by atoms with Crippen molar-refractivity contribution in [2.75, 3.05) is 13.1 Å². The zero-order valence-corrected chi connectivity index (χ0v) is 9.42. The lowest BCUT2D eigenvalue weighted by molar-refractivity contribution is -0.119. The van der Waals surface area contributed by atoms with Crippen molar-refractivity contribution in [1.29, 1.82) is 0 Å². The molecular weight excluding hydrogens is 200 g/mol. The van der Waals surface area contributed by atoms with E-state index in [1.165, 1.54) is 5.56 Å². The van der Waals surface area contributed by atoms with Gasteiger partial charge >= 0.3 is 0 Å². The fourth-order valence-corrected chi connectivity index (χ4v) is 1.23. The Bertz CT molecular complexity index is 415. The van der Waals surface area contributed by atoms with Crippen LogP contribution in [-0.2, 0) is 11.2 Å². The first kappa shape index (κ1) is 12.3. The van der Waals surface area contributed by atoms with Crippen molar-refractivity contribution < 1.29 is 4.79 Å². The average Bonchev–Trinajstić information content (AvgIpc) is 2.34. The molecule has 0 aliphatic heterocycles. The molecule has 1 amide bonds. The lowest BCUT2D eigenvalue weighted by Crippen LogP contribution is -2.30. The molecular formula is C13H16N2O. The molecule has 0 fully saturated rings. The minimum absolute atomic E-state index is 0.00694. The number of nitrogens with one attached hydrogen (secondary N) is 1. The van der Waals surface area contributed by atoms with Crippen molar-refractivity contribution in [3.05, 3.63) is 35.4 Å². The number of hydrogen-bond donors (Lipinski definition) is 2. The Morgan fingerprint density at radius 3 is 3.00 bits per heavy atom. The van der Waals surface area contributed by atoms with E-state index in [0.717, 1.165) is 12.0 Å². The summed E-state index contributed by atoms with van der Waals surface area (Å²) in [6, 6.07) is 8.07. The number of rotatable bonds is 3. The van der Waals surface area contributed by atoms with Crippen molar-refractivity contribution >= 4 is 5.91 Å². The Kier molecular flexibility index (Phi) is 5.10. The largest absolute Gasteiger partial charge is 0.344 e. The summed E-state index contributed by atoms with van der Waals surface area (Å²) in [5, 5.41) is 2.59. The van der Waals surface area contributed by atoms with E-state index in [9.17, 15) is 4.79 Å². The van der Waals surface area contributed by atoms with Gasteiger partial charge in [-0.1, -0.05) is 30.9 Å². The highest BCUT2D eigenvalue weighted by atomic mass is 16.1. The third-order valence-electron chi connectivity index (χ3n) is 2.13. The number of amides is 1. The first-order chi connectivity index (χ1) is 7.76. The molecule has 84 valence electrons. The molecule has 0 aliphatic carbocycles. The summed E-state index contributed by atoms with van der Waals surface area (Å²) in [7, 11) is 0. The molecule has 0 saturated carbocycles. The average molecular weight is 216 g/mol. The lowest BCUT2D eigenvalue weighted by atomic mass is 10.1. The molecule has 0 aromatic heterocycles. The van der Waals surface area contributed by atoms with Crippen LogP contribution < -0.4 is 11.1 Å². The van der Waals surface area contributed by atoms with Gasteiger partial charge in [-0.3, -0.25) is 4.79 Å². The molecule has 0 spiro atoms. The maximum atomic E-state index is 10.8. The number of aryl methyl sites for hydroxylation is 1. The number of benzene rings is 1. The normalized spacial score (nSPS) is 9.12. The van der Waals surface area contributed by atoms with Crippen molar-refractivity contribution in [3.63, 3.8) is 0 Å². The second-order valence-electron chi connectivity index (χ2n) is 3.34. The van der Waals surface area contributed by atoms with Crippen LogP contribution >= 0.6 is 0 Å². The molecule has 16 heavy (non-hydrogen) atoms. The van der Waals surface area contributed by atoms with Crippen LogP contribution in [0.3, 0.4) is 0 Å². The molecule has 0 unspecified atom stereocenters. The van der Waals surface area contributed by atoms with Crippen molar-refractivity contribution in [1.82, 2.24) is 5.32 Å². The van der Waals surface area contributed by atoms with Crippen LogP contribution in [0, 0.1) is 11.8 Å². The molecule has 0 bridgehead atoms. The van der Waals surface area contributed by atoms with E-state index in [-0.39, 0.29) is 12.5 Å². The Hall–Kier alpha value is -1.79. The zero-order valence-electron chi connectivity index (χ0n) is 9.42. The van der Waals surface area contributed by atoms with E-state index in [4.69, 9.17) is 5.73 Å². The topological polar surface area (TPSA) is 55.1 Å². The molecule has 3 N–H and O–H groups in total. The molecule has 1 rings (SSSR count). The van der Waals surface area contributed by atoms with Crippen LogP contribution in [0.2, 0.25) is 0 Å². The van der Waals surface area contributed by atoms with E-state index < -0.39 is 0 Å². The second kappa shape index (κ2) is 6.65. The summed E-state index contributed by atoms with van der Waals surface area (Å²) in [5.41, 5.74) is 7.38.